The van der Waals surface area contributed by atoms with Gasteiger partial charge in [-0.1, -0.05) is 0 Å². The maximum Gasteiger partial charge on any atom is 0.334 e. The molecule has 0 aliphatic carbocycles. The summed E-state index contributed by atoms with van der Waals surface area (Å²) in [6.07, 6.45) is -4.45. The number of hydrogen-bond acceptors (Lipinski definition) is 3. The minimum atomic E-state index is -3.15. The zero-order chi connectivity index (χ0) is 10.4. The molecule has 0 rings (SSSR count). The Labute approximate surface area is 72.7 Å². The van der Waals surface area contributed by atoms with E-state index in [4.69, 9.17) is 5.11 Å². The van der Waals surface area contributed by atoms with Crippen molar-refractivity contribution in [3.8, 4) is 0 Å². The van der Waals surface area contributed by atoms with Crippen LogP contribution in [0.15, 0.2) is 0 Å². The van der Waals surface area contributed by atoms with E-state index in [2.05, 4.69) is 4.74 Å². The van der Waals surface area contributed by atoms with Crippen LogP contribution in [0.5, 0.6) is 0 Å². The summed E-state index contributed by atoms with van der Waals surface area (Å²) in [6, 6.07) is 0. The average molecular weight is 197 g/mol. The Balaban J connectivity index is 3.85. The zero-order valence-electron chi connectivity index (χ0n) is 6.79. The molecule has 13 heavy (non-hydrogen) atoms. The summed E-state index contributed by atoms with van der Waals surface area (Å²) in [5.41, 5.74) is 0. The molecular formula is C6H9F2NO4. The molecular weight excluding hydrogens is 188 g/mol. The summed E-state index contributed by atoms with van der Waals surface area (Å²) in [6.45, 7) is -0.477. The van der Waals surface area contributed by atoms with Crippen LogP contribution in [0.3, 0.4) is 0 Å². The number of rotatable bonds is 5. The standard InChI is InChI=1S/C6H9F2NO4/c1-13-3(6(11)12)2-9-5(10)4(7)8/h3-4H,2H2,1H3,(H,9,10)(H,11,12). The number of aliphatic carboxylic acids is 1. The molecule has 0 aliphatic heterocycles. The summed E-state index contributed by atoms with van der Waals surface area (Å²) >= 11 is 0. The quantitative estimate of drug-likeness (QED) is 0.621. The zero-order valence-corrected chi connectivity index (χ0v) is 6.79. The van der Waals surface area contributed by atoms with E-state index in [-0.39, 0.29) is 0 Å². The molecule has 0 saturated carbocycles. The summed E-state index contributed by atoms with van der Waals surface area (Å²) < 4.78 is 27.5. The van der Waals surface area contributed by atoms with Gasteiger partial charge in [-0.3, -0.25) is 4.79 Å². The molecule has 0 radical (unpaired) electrons. The lowest BCUT2D eigenvalue weighted by Crippen LogP contribution is -2.40. The highest BCUT2D eigenvalue weighted by molar-refractivity contribution is 5.80. The Morgan fingerprint density at radius 1 is 1.54 bits per heavy atom. The molecule has 76 valence electrons. The van der Waals surface area contributed by atoms with Crippen molar-refractivity contribution in [1.82, 2.24) is 5.32 Å². The average Bonchev–Trinajstić information content (AvgIpc) is 2.04. The number of carbonyl (C=O) groups is 2. The number of amides is 1. The van der Waals surface area contributed by atoms with Crippen LogP contribution in [0.4, 0.5) is 8.78 Å². The predicted octanol–water partition coefficient (Wildman–Crippen LogP) is -0.533. The van der Waals surface area contributed by atoms with Gasteiger partial charge in [0.25, 0.3) is 5.91 Å². The van der Waals surface area contributed by atoms with Gasteiger partial charge in [0.2, 0.25) is 0 Å². The van der Waals surface area contributed by atoms with Crippen LogP contribution in [0, 0.1) is 0 Å². The van der Waals surface area contributed by atoms with Gasteiger partial charge in [-0.2, -0.15) is 8.78 Å². The fraction of sp³-hybridized carbons (Fsp3) is 0.667. The van der Waals surface area contributed by atoms with Gasteiger partial charge in [-0.25, -0.2) is 4.79 Å². The molecule has 0 saturated heterocycles. The fourth-order valence-electron chi connectivity index (χ4n) is 0.542. The lowest BCUT2D eigenvalue weighted by atomic mass is 10.3. The third kappa shape index (κ3) is 4.36. The lowest BCUT2D eigenvalue weighted by molar-refractivity contribution is -0.148. The second kappa shape index (κ2) is 5.41. The maximum atomic E-state index is 11.6. The first-order chi connectivity index (χ1) is 5.99. The van der Waals surface area contributed by atoms with E-state index >= 15 is 0 Å². The number of halogens is 2. The highest BCUT2D eigenvalue weighted by Crippen LogP contribution is 1.92. The number of hydrogen-bond donors (Lipinski definition) is 2. The van der Waals surface area contributed by atoms with Gasteiger partial charge in [0.1, 0.15) is 0 Å². The highest BCUT2D eigenvalue weighted by atomic mass is 19.3. The van der Waals surface area contributed by atoms with E-state index in [1.165, 1.54) is 0 Å². The smallest absolute Gasteiger partial charge is 0.334 e. The number of ether oxygens (including phenoxy) is 1. The molecule has 1 unspecified atom stereocenters. The normalized spacial score (nSPS) is 12.6. The lowest BCUT2D eigenvalue weighted by Gasteiger charge is -2.10. The van der Waals surface area contributed by atoms with E-state index in [9.17, 15) is 18.4 Å². The Kier molecular flexibility index (Phi) is 4.90. The largest absolute Gasteiger partial charge is 0.479 e. The van der Waals surface area contributed by atoms with Crippen LogP contribution in [0.1, 0.15) is 0 Å². The van der Waals surface area contributed by atoms with Gasteiger partial charge in [0, 0.05) is 7.11 Å². The first kappa shape index (κ1) is 11.8. The van der Waals surface area contributed by atoms with Crippen molar-refractivity contribution < 1.29 is 28.2 Å². The number of methoxy groups -OCH3 is 1. The number of alkyl halides is 2. The van der Waals surface area contributed by atoms with Crippen molar-refractivity contribution in [3.63, 3.8) is 0 Å². The molecule has 1 amide bonds. The van der Waals surface area contributed by atoms with E-state index in [0.717, 1.165) is 7.11 Å². The molecule has 0 heterocycles. The second-order valence-corrected chi connectivity index (χ2v) is 2.11. The van der Waals surface area contributed by atoms with E-state index < -0.39 is 31.0 Å². The first-order valence-corrected chi connectivity index (χ1v) is 3.30. The van der Waals surface area contributed by atoms with Crippen molar-refractivity contribution in [2.24, 2.45) is 0 Å². The van der Waals surface area contributed by atoms with Crippen LogP contribution in [-0.2, 0) is 14.3 Å². The minimum absolute atomic E-state index is 0.477. The van der Waals surface area contributed by atoms with Crippen molar-refractivity contribution >= 4 is 11.9 Å². The van der Waals surface area contributed by atoms with Crippen LogP contribution in [0.25, 0.3) is 0 Å². The topological polar surface area (TPSA) is 75.6 Å². The minimum Gasteiger partial charge on any atom is -0.479 e. The molecule has 2 N–H and O–H groups in total. The molecule has 0 aromatic heterocycles. The van der Waals surface area contributed by atoms with Crippen LogP contribution in [-0.4, -0.2) is 43.2 Å². The summed E-state index contributed by atoms with van der Waals surface area (Å²) in [7, 11) is 1.10. The van der Waals surface area contributed by atoms with E-state index in [1.807, 2.05) is 0 Å². The monoisotopic (exact) mass is 197 g/mol. The molecule has 7 heteroatoms. The molecule has 0 aromatic rings. The van der Waals surface area contributed by atoms with Gasteiger partial charge < -0.3 is 15.2 Å². The van der Waals surface area contributed by atoms with Crippen molar-refractivity contribution in [2.45, 2.75) is 12.5 Å². The Hall–Kier alpha value is -1.24. The molecule has 0 aromatic carbocycles. The SMILES string of the molecule is COC(CNC(=O)C(F)F)C(=O)O. The van der Waals surface area contributed by atoms with Gasteiger partial charge >= 0.3 is 12.4 Å². The van der Waals surface area contributed by atoms with Gasteiger partial charge in [0.15, 0.2) is 6.10 Å². The maximum absolute atomic E-state index is 11.6. The molecule has 1 atom stereocenters. The van der Waals surface area contributed by atoms with Gasteiger partial charge in [-0.15, -0.1) is 0 Å². The Morgan fingerprint density at radius 3 is 2.38 bits per heavy atom. The van der Waals surface area contributed by atoms with Crippen LogP contribution in [0.2, 0.25) is 0 Å². The molecule has 0 fully saturated rings. The van der Waals surface area contributed by atoms with Gasteiger partial charge in [0.05, 0.1) is 6.54 Å². The molecule has 0 bridgehead atoms. The van der Waals surface area contributed by atoms with Crippen molar-refractivity contribution in [1.29, 1.82) is 0 Å². The van der Waals surface area contributed by atoms with E-state index in [0.29, 0.717) is 0 Å². The van der Waals surface area contributed by atoms with E-state index in [1.54, 1.807) is 5.32 Å². The number of carboxylic acids is 1. The fourth-order valence-corrected chi connectivity index (χ4v) is 0.542. The first-order valence-electron chi connectivity index (χ1n) is 3.30. The van der Waals surface area contributed by atoms with Crippen LogP contribution < -0.4 is 5.32 Å². The number of carboxylic acid groups (broad SMARTS) is 1. The predicted molar refractivity (Wildman–Crippen MR) is 37.4 cm³/mol. The Morgan fingerprint density at radius 2 is 2.08 bits per heavy atom. The Bertz CT molecular complexity index is 197. The summed E-state index contributed by atoms with van der Waals surface area (Å²) in [5.74, 6) is -2.83. The van der Waals surface area contributed by atoms with Crippen LogP contribution >= 0.6 is 0 Å². The number of carbonyl (C=O) groups excluding carboxylic acids is 1. The highest BCUT2D eigenvalue weighted by Gasteiger charge is 2.20. The third-order valence-electron chi connectivity index (χ3n) is 1.22. The number of nitrogens with one attached hydrogen (secondary N) is 1. The molecule has 0 aliphatic rings. The summed E-state index contributed by atoms with van der Waals surface area (Å²) in [5, 5.41) is 10.1. The van der Waals surface area contributed by atoms with Gasteiger partial charge in [-0.05, 0) is 0 Å². The van der Waals surface area contributed by atoms with Crippen molar-refractivity contribution in [3.05, 3.63) is 0 Å². The molecule has 5 nitrogen and oxygen atoms in total. The third-order valence-corrected chi connectivity index (χ3v) is 1.22. The van der Waals surface area contributed by atoms with Crippen molar-refractivity contribution in [2.75, 3.05) is 13.7 Å². The summed E-state index contributed by atoms with van der Waals surface area (Å²) in [4.78, 5) is 20.5. The second-order valence-electron chi connectivity index (χ2n) is 2.11. The molecule has 0 spiro atoms.